The van der Waals surface area contributed by atoms with Gasteiger partial charge < -0.3 is 20.5 Å². The molecule has 1 saturated heterocycles. The van der Waals surface area contributed by atoms with Crippen molar-refractivity contribution in [3.63, 3.8) is 0 Å². The average molecular weight is 222 g/mol. The molecule has 0 aliphatic carbocycles. The van der Waals surface area contributed by atoms with Crippen molar-refractivity contribution in [2.75, 3.05) is 30.9 Å². The minimum Gasteiger partial charge on any atom is -0.397 e. The number of carbonyl (C=O) groups is 1. The van der Waals surface area contributed by atoms with Crippen molar-refractivity contribution in [2.45, 2.75) is 6.10 Å². The average Bonchev–Trinajstić information content (AvgIpc) is 2.19. The molecule has 1 fully saturated rings. The van der Waals surface area contributed by atoms with E-state index in [1.54, 1.807) is 12.1 Å². The lowest BCUT2D eigenvalue weighted by atomic mass is 10.2. The van der Waals surface area contributed by atoms with Crippen LogP contribution >= 0.6 is 0 Å². The summed E-state index contributed by atoms with van der Waals surface area (Å²) in [5, 5.41) is 2.68. The van der Waals surface area contributed by atoms with E-state index in [2.05, 4.69) is 5.32 Å². The fraction of sp³-hybridized carbons (Fsp3) is 0.364. The minimum absolute atomic E-state index is 0.0301. The van der Waals surface area contributed by atoms with Crippen LogP contribution in [0.4, 0.5) is 11.4 Å². The Bertz CT molecular complexity index is 377. The van der Waals surface area contributed by atoms with Gasteiger partial charge in [-0.2, -0.15) is 0 Å². The van der Waals surface area contributed by atoms with E-state index in [0.29, 0.717) is 24.6 Å². The Kier molecular flexibility index (Phi) is 3.38. The Labute approximate surface area is 93.5 Å². The largest absolute Gasteiger partial charge is 0.397 e. The van der Waals surface area contributed by atoms with E-state index in [4.69, 9.17) is 15.2 Å². The van der Waals surface area contributed by atoms with Crippen molar-refractivity contribution in [1.82, 2.24) is 0 Å². The summed E-state index contributed by atoms with van der Waals surface area (Å²) in [4.78, 5) is 11.5. The van der Waals surface area contributed by atoms with Crippen molar-refractivity contribution in [2.24, 2.45) is 0 Å². The molecule has 1 heterocycles. The van der Waals surface area contributed by atoms with Gasteiger partial charge in [0.1, 0.15) is 12.7 Å². The van der Waals surface area contributed by atoms with Crippen molar-refractivity contribution in [3.05, 3.63) is 24.3 Å². The summed E-state index contributed by atoms with van der Waals surface area (Å²) in [6.07, 6.45) is 0.0545. The summed E-state index contributed by atoms with van der Waals surface area (Å²) in [7, 11) is 0. The van der Waals surface area contributed by atoms with Crippen LogP contribution in [0.15, 0.2) is 24.3 Å². The van der Waals surface area contributed by atoms with Gasteiger partial charge in [-0.15, -0.1) is 0 Å². The first-order valence-corrected chi connectivity index (χ1v) is 5.09. The van der Waals surface area contributed by atoms with Gasteiger partial charge in [-0.25, -0.2) is 0 Å². The molecule has 1 aliphatic rings. The highest BCUT2D eigenvalue weighted by molar-refractivity contribution is 5.94. The number of nitrogens with two attached hydrogens (primary N) is 1. The number of carbonyl (C=O) groups excluding carboxylic acids is 1. The lowest BCUT2D eigenvalue weighted by Crippen LogP contribution is -2.38. The normalized spacial score (nSPS) is 15.5. The molecule has 1 aromatic rings. The van der Waals surface area contributed by atoms with Crippen LogP contribution in [0.3, 0.4) is 0 Å². The maximum Gasteiger partial charge on any atom is 0.250 e. The highest BCUT2D eigenvalue weighted by Crippen LogP contribution is 2.16. The smallest absolute Gasteiger partial charge is 0.250 e. The third-order valence-electron chi connectivity index (χ3n) is 2.29. The number of rotatable bonds is 4. The van der Waals surface area contributed by atoms with Gasteiger partial charge in [0.05, 0.1) is 24.6 Å². The maximum atomic E-state index is 11.5. The Morgan fingerprint density at radius 2 is 2.25 bits per heavy atom. The van der Waals surface area contributed by atoms with Crippen LogP contribution in [-0.4, -0.2) is 31.8 Å². The molecule has 0 atom stereocenters. The first-order valence-electron chi connectivity index (χ1n) is 5.09. The van der Waals surface area contributed by atoms with Crippen LogP contribution in [-0.2, 0) is 14.3 Å². The summed E-state index contributed by atoms with van der Waals surface area (Å²) in [5.41, 5.74) is 6.84. The second kappa shape index (κ2) is 4.96. The van der Waals surface area contributed by atoms with Gasteiger partial charge in [0.15, 0.2) is 0 Å². The fourth-order valence-corrected chi connectivity index (χ4v) is 1.30. The van der Waals surface area contributed by atoms with Crippen LogP contribution < -0.4 is 11.1 Å². The van der Waals surface area contributed by atoms with Crippen LogP contribution in [0.2, 0.25) is 0 Å². The zero-order valence-electron chi connectivity index (χ0n) is 8.81. The zero-order valence-corrected chi connectivity index (χ0v) is 8.81. The number of ether oxygens (including phenoxy) is 2. The number of nitrogen functional groups attached to an aromatic ring is 1. The van der Waals surface area contributed by atoms with Crippen LogP contribution in [0.5, 0.6) is 0 Å². The molecule has 16 heavy (non-hydrogen) atoms. The van der Waals surface area contributed by atoms with Crippen LogP contribution in [0.1, 0.15) is 0 Å². The molecule has 0 unspecified atom stereocenters. The zero-order chi connectivity index (χ0) is 11.4. The molecule has 0 aromatic heterocycles. The van der Waals surface area contributed by atoms with Gasteiger partial charge in [0, 0.05) is 0 Å². The Balaban J connectivity index is 1.80. The molecule has 0 bridgehead atoms. The second-order valence-corrected chi connectivity index (χ2v) is 3.61. The third-order valence-corrected chi connectivity index (χ3v) is 2.29. The van der Waals surface area contributed by atoms with E-state index in [9.17, 15) is 4.79 Å². The summed E-state index contributed by atoms with van der Waals surface area (Å²) in [6.45, 7) is 1.17. The third kappa shape index (κ3) is 2.71. The Morgan fingerprint density at radius 1 is 1.50 bits per heavy atom. The van der Waals surface area contributed by atoms with Crippen molar-refractivity contribution >= 4 is 17.3 Å². The van der Waals surface area contributed by atoms with E-state index < -0.39 is 0 Å². The Hall–Kier alpha value is -1.59. The van der Waals surface area contributed by atoms with Gasteiger partial charge in [-0.3, -0.25) is 4.79 Å². The standard InChI is InChI=1S/C11H14N2O3/c12-9-3-1-2-4-10(9)13-11(14)7-16-8-5-15-6-8/h1-4,8H,5-7,12H2,(H,13,14). The SMILES string of the molecule is Nc1ccccc1NC(=O)COC1COC1. The summed E-state index contributed by atoms with van der Waals surface area (Å²) >= 11 is 0. The summed E-state index contributed by atoms with van der Waals surface area (Å²) in [6, 6.07) is 7.11. The van der Waals surface area contributed by atoms with Gasteiger partial charge in [-0.1, -0.05) is 12.1 Å². The quantitative estimate of drug-likeness (QED) is 0.732. The molecule has 5 heteroatoms. The molecule has 0 saturated carbocycles. The van der Waals surface area contributed by atoms with Gasteiger partial charge >= 0.3 is 0 Å². The van der Waals surface area contributed by atoms with Crippen molar-refractivity contribution in [3.8, 4) is 0 Å². The van der Waals surface area contributed by atoms with Crippen molar-refractivity contribution < 1.29 is 14.3 Å². The molecule has 1 amide bonds. The molecule has 5 nitrogen and oxygen atoms in total. The van der Waals surface area contributed by atoms with Gasteiger partial charge in [0.2, 0.25) is 5.91 Å². The lowest BCUT2D eigenvalue weighted by Gasteiger charge is -2.25. The molecule has 0 spiro atoms. The highest BCUT2D eigenvalue weighted by atomic mass is 16.6. The molecule has 2 rings (SSSR count). The number of nitrogens with one attached hydrogen (secondary N) is 1. The summed E-state index contributed by atoms with van der Waals surface area (Å²) in [5.74, 6) is -0.204. The number of hydrogen-bond donors (Lipinski definition) is 2. The number of hydrogen-bond acceptors (Lipinski definition) is 4. The predicted molar refractivity (Wildman–Crippen MR) is 60.0 cm³/mol. The molecular formula is C11H14N2O3. The molecular weight excluding hydrogens is 208 g/mol. The number of para-hydroxylation sites is 2. The fourth-order valence-electron chi connectivity index (χ4n) is 1.30. The minimum atomic E-state index is -0.204. The van der Waals surface area contributed by atoms with E-state index in [-0.39, 0.29) is 18.6 Å². The lowest BCUT2D eigenvalue weighted by molar-refractivity contribution is -0.144. The monoisotopic (exact) mass is 222 g/mol. The Morgan fingerprint density at radius 3 is 2.88 bits per heavy atom. The van der Waals surface area contributed by atoms with E-state index >= 15 is 0 Å². The number of amides is 1. The molecule has 1 aromatic carbocycles. The van der Waals surface area contributed by atoms with Crippen LogP contribution in [0.25, 0.3) is 0 Å². The molecule has 0 radical (unpaired) electrons. The van der Waals surface area contributed by atoms with E-state index in [0.717, 1.165) is 0 Å². The summed E-state index contributed by atoms with van der Waals surface area (Å²) < 4.78 is 10.2. The number of anilines is 2. The number of benzene rings is 1. The first kappa shape index (κ1) is 10.9. The highest BCUT2D eigenvalue weighted by Gasteiger charge is 2.19. The second-order valence-electron chi connectivity index (χ2n) is 3.61. The van der Waals surface area contributed by atoms with Crippen LogP contribution in [0, 0.1) is 0 Å². The topological polar surface area (TPSA) is 73.6 Å². The molecule has 3 N–H and O–H groups in total. The first-order chi connectivity index (χ1) is 7.75. The predicted octanol–water partition coefficient (Wildman–Crippen LogP) is 0.623. The van der Waals surface area contributed by atoms with E-state index in [1.807, 2.05) is 12.1 Å². The van der Waals surface area contributed by atoms with E-state index in [1.165, 1.54) is 0 Å². The van der Waals surface area contributed by atoms with Gasteiger partial charge in [0.25, 0.3) is 0 Å². The molecule has 1 aliphatic heterocycles. The van der Waals surface area contributed by atoms with Crippen molar-refractivity contribution in [1.29, 1.82) is 0 Å². The molecule has 86 valence electrons. The maximum absolute atomic E-state index is 11.5. The van der Waals surface area contributed by atoms with Gasteiger partial charge in [-0.05, 0) is 12.1 Å².